The third kappa shape index (κ3) is 2.88. The number of aromatic nitrogens is 4. The fourth-order valence-corrected chi connectivity index (χ4v) is 1.81. The highest BCUT2D eigenvalue weighted by molar-refractivity contribution is 5.82. The van der Waals surface area contributed by atoms with E-state index in [0.29, 0.717) is 0 Å². The van der Waals surface area contributed by atoms with Crippen molar-refractivity contribution in [2.45, 2.75) is 20.4 Å². The van der Waals surface area contributed by atoms with Gasteiger partial charge in [0.25, 0.3) is 0 Å². The maximum Gasteiger partial charge on any atom is 0.116 e. The average Bonchev–Trinajstić information content (AvgIpc) is 3.08. The van der Waals surface area contributed by atoms with Crippen LogP contribution in [0, 0.1) is 0 Å². The summed E-state index contributed by atoms with van der Waals surface area (Å²) in [6.45, 7) is 0.720. The van der Waals surface area contributed by atoms with Crippen molar-refractivity contribution in [1.82, 2.24) is 19.9 Å². The number of allylic oxidation sites excluding steroid dienone is 1. The Bertz CT molecular complexity index is 563. The summed E-state index contributed by atoms with van der Waals surface area (Å²) in [6.07, 6.45) is 13.7. The third-order valence-corrected chi connectivity index (χ3v) is 2.73. The molecule has 0 spiro atoms. The van der Waals surface area contributed by atoms with Crippen molar-refractivity contribution in [3.05, 3.63) is 53.6 Å². The fraction of sp³-hybridized carbons (Fsp3) is 0.214. The van der Waals surface area contributed by atoms with Crippen molar-refractivity contribution in [3.63, 3.8) is 0 Å². The van der Waals surface area contributed by atoms with E-state index in [1.54, 1.807) is 25.1 Å². The van der Waals surface area contributed by atoms with E-state index in [2.05, 4.69) is 31.0 Å². The van der Waals surface area contributed by atoms with Gasteiger partial charge in [-0.1, -0.05) is 13.5 Å². The van der Waals surface area contributed by atoms with Crippen molar-refractivity contribution in [2.75, 3.05) is 0 Å². The SMILES string of the molecule is C.C1=Cc2ncncc2C1.C1=NCc2ncncc21. The van der Waals surface area contributed by atoms with Crippen LogP contribution in [0.2, 0.25) is 0 Å². The summed E-state index contributed by atoms with van der Waals surface area (Å²) >= 11 is 0. The smallest absolute Gasteiger partial charge is 0.116 e. The van der Waals surface area contributed by atoms with Gasteiger partial charge in [0, 0.05) is 24.2 Å². The lowest BCUT2D eigenvalue weighted by molar-refractivity contribution is 0.993. The average molecular weight is 253 g/mol. The monoisotopic (exact) mass is 253 g/mol. The van der Waals surface area contributed by atoms with Gasteiger partial charge in [0.15, 0.2) is 0 Å². The van der Waals surface area contributed by atoms with Crippen LogP contribution in [0.5, 0.6) is 0 Å². The maximum absolute atomic E-state index is 4.06. The van der Waals surface area contributed by atoms with Crippen LogP contribution < -0.4 is 0 Å². The van der Waals surface area contributed by atoms with Crippen LogP contribution in [0.15, 0.2) is 36.1 Å². The van der Waals surface area contributed by atoms with Crippen LogP contribution in [0.25, 0.3) is 6.08 Å². The lowest BCUT2D eigenvalue weighted by atomic mass is 10.3. The largest absolute Gasteiger partial charge is 0.286 e. The van der Waals surface area contributed by atoms with Crippen molar-refractivity contribution < 1.29 is 0 Å². The van der Waals surface area contributed by atoms with Crippen LogP contribution in [-0.2, 0) is 13.0 Å². The predicted octanol–water partition coefficient (Wildman–Crippen LogP) is 2.09. The molecular formula is C14H15N5. The number of nitrogens with zero attached hydrogens (tertiary/aromatic N) is 5. The van der Waals surface area contributed by atoms with E-state index in [0.717, 1.165) is 29.9 Å². The second-order valence-corrected chi connectivity index (χ2v) is 3.93. The highest BCUT2D eigenvalue weighted by Gasteiger charge is 2.04. The first kappa shape index (κ1) is 13.0. The first-order valence-electron chi connectivity index (χ1n) is 5.67. The lowest BCUT2D eigenvalue weighted by Crippen LogP contribution is -1.88. The molecule has 0 saturated carbocycles. The van der Waals surface area contributed by atoms with E-state index in [1.165, 1.54) is 5.56 Å². The van der Waals surface area contributed by atoms with Crippen molar-refractivity contribution in [2.24, 2.45) is 4.99 Å². The molecule has 5 nitrogen and oxygen atoms in total. The summed E-state index contributed by atoms with van der Waals surface area (Å²) in [5.74, 6) is 0. The molecule has 1 aliphatic carbocycles. The highest BCUT2D eigenvalue weighted by Crippen LogP contribution is 2.13. The Kier molecular flexibility index (Phi) is 4.07. The van der Waals surface area contributed by atoms with Gasteiger partial charge in [0.05, 0.1) is 17.9 Å². The van der Waals surface area contributed by atoms with E-state index >= 15 is 0 Å². The molecule has 0 bridgehead atoms. The molecule has 0 fully saturated rings. The lowest BCUT2D eigenvalue weighted by Gasteiger charge is -1.91. The number of fused-ring (bicyclic) bond motifs is 2. The summed E-state index contributed by atoms with van der Waals surface area (Å²) in [5, 5.41) is 0. The molecule has 0 amide bonds. The van der Waals surface area contributed by atoms with E-state index < -0.39 is 0 Å². The van der Waals surface area contributed by atoms with Crippen molar-refractivity contribution in [1.29, 1.82) is 0 Å². The summed E-state index contributed by atoms with van der Waals surface area (Å²) in [4.78, 5) is 19.9. The molecular weight excluding hydrogens is 238 g/mol. The van der Waals surface area contributed by atoms with Gasteiger partial charge in [-0.2, -0.15) is 0 Å². The van der Waals surface area contributed by atoms with Crippen LogP contribution in [0.4, 0.5) is 0 Å². The molecule has 0 radical (unpaired) electrons. The van der Waals surface area contributed by atoms with Gasteiger partial charge in [0.2, 0.25) is 0 Å². The normalized spacial score (nSPS) is 13.1. The minimum atomic E-state index is 0. The zero-order chi connectivity index (χ0) is 12.2. The van der Waals surface area contributed by atoms with Crippen LogP contribution in [0.1, 0.15) is 29.9 Å². The van der Waals surface area contributed by atoms with E-state index in [9.17, 15) is 0 Å². The zero-order valence-electron chi connectivity index (χ0n) is 9.69. The molecule has 2 aliphatic rings. The summed E-state index contributed by atoms with van der Waals surface area (Å²) < 4.78 is 0. The van der Waals surface area contributed by atoms with Crippen molar-refractivity contribution >= 4 is 12.3 Å². The maximum atomic E-state index is 4.06. The molecule has 2 aromatic heterocycles. The number of hydrogen-bond acceptors (Lipinski definition) is 5. The van der Waals surface area contributed by atoms with E-state index in [4.69, 9.17) is 0 Å². The summed E-state index contributed by atoms with van der Waals surface area (Å²) in [7, 11) is 0. The molecule has 1 aliphatic heterocycles. The molecule has 0 saturated heterocycles. The number of aliphatic imine (C=N–C) groups is 1. The number of hydrogen-bond donors (Lipinski definition) is 0. The van der Waals surface area contributed by atoms with Crippen molar-refractivity contribution in [3.8, 4) is 0 Å². The van der Waals surface area contributed by atoms with Crippen LogP contribution in [-0.4, -0.2) is 26.2 Å². The Labute approximate surface area is 112 Å². The molecule has 0 atom stereocenters. The third-order valence-electron chi connectivity index (χ3n) is 2.73. The quantitative estimate of drug-likeness (QED) is 0.721. The first-order valence-corrected chi connectivity index (χ1v) is 5.67. The molecule has 0 N–H and O–H groups in total. The van der Waals surface area contributed by atoms with Gasteiger partial charge in [-0.15, -0.1) is 0 Å². The molecule has 19 heavy (non-hydrogen) atoms. The highest BCUT2D eigenvalue weighted by atomic mass is 14.9. The van der Waals surface area contributed by atoms with Gasteiger partial charge in [-0.25, -0.2) is 19.9 Å². The van der Waals surface area contributed by atoms with Gasteiger partial charge in [-0.3, -0.25) is 4.99 Å². The van der Waals surface area contributed by atoms with Gasteiger partial charge in [0.1, 0.15) is 12.7 Å². The molecule has 4 rings (SSSR count). The predicted molar refractivity (Wildman–Crippen MR) is 74.8 cm³/mol. The molecule has 0 unspecified atom stereocenters. The Balaban J connectivity index is 0.000000133. The van der Waals surface area contributed by atoms with E-state index in [1.807, 2.05) is 12.3 Å². The Morgan fingerprint density at radius 2 is 1.84 bits per heavy atom. The minimum absolute atomic E-state index is 0. The van der Waals surface area contributed by atoms with Crippen LogP contribution >= 0.6 is 0 Å². The molecule has 96 valence electrons. The summed E-state index contributed by atoms with van der Waals surface area (Å²) in [5.41, 5.74) is 4.39. The van der Waals surface area contributed by atoms with Crippen LogP contribution in [0.3, 0.4) is 0 Å². The van der Waals surface area contributed by atoms with E-state index in [-0.39, 0.29) is 7.43 Å². The van der Waals surface area contributed by atoms with Gasteiger partial charge >= 0.3 is 0 Å². The Hall–Kier alpha value is -2.43. The zero-order valence-corrected chi connectivity index (χ0v) is 9.69. The molecule has 0 aromatic carbocycles. The first-order chi connectivity index (χ1) is 8.93. The van der Waals surface area contributed by atoms with Gasteiger partial charge < -0.3 is 0 Å². The standard InChI is InChI=1S/C7H6N2.C6H5N3.CH4/c1-2-6-4-8-5-9-7(6)3-1;1-5-2-8-4-9-6(5)3-7-1;/h1,3-5H,2H2;1-2,4H,3H2;1H4. The second kappa shape index (κ2) is 5.95. The molecule has 5 heteroatoms. The molecule has 3 heterocycles. The summed E-state index contributed by atoms with van der Waals surface area (Å²) in [6, 6.07) is 0. The molecule has 2 aromatic rings. The Morgan fingerprint density at radius 1 is 1.00 bits per heavy atom. The second-order valence-electron chi connectivity index (χ2n) is 3.93. The fourth-order valence-electron chi connectivity index (χ4n) is 1.81. The topological polar surface area (TPSA) is 63.9 Å². The minimum Gasteiger partial charge on any atom is -0.286 e. The van der Waals surface area contributed by atoms with Gasteiger partial charge in [-0.05, 0) is 18.1 Å². The number of rotatable bonds is 0. The Morgan fingerprint density at radius 3 is 2.68 bits per heavy atom.